The number of benzene rings is 2. The summed E-state index contributed by atoms with van der Waals surface area (Å²) in [5, 5.41) is 5.49. The first-order valence-electron chi connectivity index (χ1n) is 8.08. The third-order valence-electron chi connectivity index (χ3n) is 3.51. The summed E-state index contributed by atoms with van der Waals surface area (Å²) in [5.74, 6) is -1.35. The number of hydrogen-bond acceptors (Lipinski definition) is 5. The minimum atomic E-state index is -1.04. The number of nitrogens with one attached hydrogen (secondary N) is 2. The van der Waals surface area contributed by atoms with Gasteiger partial charge in [0.25, 0.3) is 11.8 Å². The largest absolute Gasteiger partial charge is 0.496 e. The maximum absolute atomic E-state index is 12.1. The van der Waals surface area contributed by atoms with Gasteiger partial charge in [-0.25, -0.2) is 0 Å². The van der Waals surface area contributed by atoms with E-state index >= 15 is 0 Å². The van der Waals surface area contributed by atoms with Gasteiger partial charge in [0.2, 0.25) is 0 Å². The average molecular weight is 391 g/mol. The van der Waals surface area contributed by atoms with Gasteiger partial charge in [-0.3, -0.25) is 14.4 Å². The predicted octanol–water partition coefficient (Wildman–Crippen LogP) is 2.65. The summed E-state index contributed by atoms with van der Waals surface area (Å²) >= 11 is 5.85. The van der Waals surface area contributed by atoms with Gasteiger partial charge in [0.05, 0.1) is 12.7 Å². The molecule has 8 heteroatoms. The molecule has 0 radical (unpaired) electrons. The van der Waals surface area contributed by atoms with E-state index in [2.05, 4.69) is 10.6 Å². The number of anilines is 1. The molecule has 2 N–H and O–H groups in total. The van der Waals surface area contributed by atoms with E-state index in [-0.39, 0.29) is 6.54 Å². The van der Waals surface area contributed by atoms with Crippen molar-refractivity contribution in [2.75, 3.05) is 19.0 Å². The van der Waals surface area contributed by atoms with Gasteiger partial charge in [-0.1, -0.05) is 29.8 Å². The smallest absolute Gasteiger partial charge is 0.326 e. The number of amides is 2. The lowest BCUT2D eigenvalue weighted by molar-refractivity contribution is -0.152. The number of esters is 1. The molecule has 1 atom stereocenters. The van der Waals surface area contributed by atoms with Crippen LogP contribution >= 0.6 is 11.6 Å². The highest BCUT2D eigenvalue weighted by atomic mass is 35.5. The lowest BCUT2D eigenvalue weighted by Gasteiger charge is -2.14. The van der Waals surface area contributed by atoms with E-state index in [1.54, 1.807) is 48.5 Å². The Labute approximate surface area is 161 Å². The number of ether oxygens (including phenoxy) is 2. The SMILES string of the molecule is COc1ccccc1C(=O)NCC(=O)O[C@@H](C)C(=O)Nc1cccc(Cl)c1. The molecule has 0 aliphatic carbocycles. The van der Waals surface area contributed by atoms with Crippen molar-refractivity contribution in [2.24, 2.45) is 0 Å². The molecule has 2 rings (SSSR count). The first-order chi connectivity index (χ1) is 12.9. The summed E-state index contributed by atoms with van der Waals surface area (Å²) in [6, 6.07) is 13.2. The molecule has 0 heterocycles. The topological polar surface area (TPSA) is 93.7 Å². The minimum absolute atomic E-state index is 0.291. The quantitative estimate of drug-likeness (QED) is 0.709. The van der Waals surface area contributed by atoms with Gasteiger partial charge < -0.3 is 20.1 Å². The van der Waals surface area contributed by atoms with Crippen molar-refractivity contribution < 1.29 is 23.9 Å². The number of carbonyl (C=O) groups is 3. The molecule has 27 heavy (non-hydrogen) atoms. The lowest BCUT2D eigenvalue weighted by Crippen LogP contribution is -2.35. The van der Waals surface area contributed by atoms with Gasteiger partial charge >= 0.3 is 5.97 Å². The molecule has 0 aliphatic rings. The Morgan fingerprint density at radius 2 is 1.85 bits per heavy atom. The highest BCUT2D eigenvalue weighted by Gasteiger charge is 2.19. The molecular formula is C19H19ClN2O5. The molecule has 0 fully saturated rings. The van der Waals surface area contributed by atoms with E-state index in [1.165, 1.54) is 14.0 Å². The fraction of sp³-hybridized carbons (Fsp3) is 0.211. The van der Waals surface area contributed by atoms with Crippen molar-refractivity contribution in [1.82, 2.24) is 5.32 Å². The molecule has 0 unspecified atom stereocenters. The first kappa shape index (κ1) is 20.3. The molecule has 0 spiro atoms. The Bertz CT molecular complexity index is 840. The van der Waals surface area contributed by atoms with E-state index in [1.807, 2.05) is 0 Å². The number of halogens is 1. The highest BCUT2D eigenvalue weighted by molar-refractivity contribution is 6.30. The molecule has 0 saturated carbocycles. The van der Waals surface area contributed by atoms with Crippen LogP contribution in [0.3, 0.4) is 0 Å². The summed E-state index contributed by atoms with van der Waals surface area (Å²) < 4.78 is 10.1. The van der Waals surface area contributed by atoms with Gasteiger partial charge in [0.15, 0.2) is 6.10 Å². The molecule has 142 valence electrons. The predicted molar refractivity (Wildman–Crippen MR) is 101 cm³/mol. The summed E-state index contributed by atoms with van der Waals surface area (Å²) in [5.41, 5.74) is 0.777. The van der Waals surface area contributed by atoms with E-state index in [9.17, 15) is 14.4 Å². The standard InChI is InChI=1S/C19H19ClN2O5/c1-12(18(24)22-14-7-5-6-13(20)10-14)27-17(23)11-21-19(25)15-8-3-4-9-16(15)26-2/h3-10,12H,11H2,1-2H3,(H,21,25)(H,22,24)/t12-/m0/s1. The Morgan fingerprint density at radius 3 is 2.56 bits per heavy atom. The van der Waals surface area contributed by atoms with Gasteiger partial charge in [-0.05, 0) is 37.3 Å². The van der Waals surface area contributed by atoms with Crippen molar-refractivity contribution >= 4 is 35.1 Å². The van der Waals surface area contributed by atoms with Crippen LogP contribution in [0.25, 0.3) is 0 Å². The van der Waals surface area contributed by atoms with Crippen molar-refractivity contribution in [3.63, 3.8) is 0 Å². The molecule has 0 saturated heterocycles. The molecule has 0 bridgehead atoms. The van der Waals surface area contributed by atoms with Crippen LogP contribution in [0.2, 0.25) is 5.02 Å². The second kappa shape index (κ2) is 9.59. The monoisotopic (exact) mass is 390 g/mol. The van der Waals surface area contributed by atoms with Crippen molar-refractivity contribution in [3.8, 4) is 5.75 Å². The second-order valence-electron chi connectivity index (χ2n) is 5.51. The maximum atomic E-state index is 12.1. The summed E-state index contributed by atoms with van der Waals surface area (Å²) in [6.07, 6.45) is -1.04. The maximum Gasteiger partial charge on any atom is 0.326 e. The Kier molecular flexibility index (Phi) is 7.19. The first-order valence-corrected chi connectivity index (χ1v) is 8.45. The third kappa shape index (κ3) is 6.00. The summed E-state index contributed by atoms with van der Waals surface area (Å²) in [7, 11) is 1.45. The van der Waals surface area contributed by atoms with Crippen LogP contribution in [0, 0.1) is 0 Å². The molecule has 0 aromatic heterocycles. The lowest BCUT2D eigenvalue weighted by atomic mass is 10.2. The zero-order valence-electron chi connectivity index (χ0n) is 14.8. The van der Waals surface area contributed by atoms with Gasteiger partial charge in [0, 0.05) is 10.7 Å². The fourth-order valence-electron chi connectivity index (χ4n) is 2.18. The van der Waals surface area contributed by atoms with Gasteiger partial charge in [-0.2, -0.15) is 0 Å². The van der Waals surface area contributed by atoms with Crippen LogP contribution in [0.1, 0.15) is 17.3 Å². The van der Waals surface area contributed by atoms with Crippen molar-refractivity contribution in [2.45, 2.75) is 13.0 Å². The van der Waals surface area contributed by atoms with Crippen LogP contribution in [-0.4, -0.2) is 37.5 Å². The van der Waals surface area contributed by atoms with Crippen LogP contribution in [0.4, 0.5) is 5.69 Å². The molecule has 2 amide bonds. The second-order valence-corrected chi connectivity index (χ2v) is 5.95. The van der Waals surface area contributed by atoms with E-state index in [0.717, 1.165) is 0 Å². The molecule has 7 nitrogen and oxygen atoms in total. The van der Waals surface area contributed by atoms with Crippen molar-refractivity contribution in [3.05, 3.63) is 59.1 Å². The number of carbonyl (C=O) groups excluding carboxylic acids is 3. The zero-order chi connectivity index (χ0) is 19.8. The minimum Gasteiger partial charge on any atom is -0.496 e. The van der Waals surface area contributed by atoms with Gasteiger partial charge in [0.1, 0.15) is 12.3 Å². The number of methoxy groups -OCH3 is 1. The average Bonchev–Trinajstić information content (AvgIpc) is 2.66. The number of rotatable bonds is 7. The molecular weight excluding hydrogens is 372 g/mol. The van der Waals surface area contributed by atoms with Crippen LogP contribution in [0.15, 0.2) is 48.5 Å². The molecule has 2 aromatic rings. The number of para-hydroxylation sites is 1. The highest BCUT2D eigenvalue weighted by Crippen LogP contribution is 2.17. The summed E-state index contributed by atoms with van der Waals surface area (Å²) in [6.45, 7) is 1.05. The summed E-state index contributed by atoms with van der Waals surface area (Å²) in [4.78, 5) is 36.1. The zero-order valence-corrected chi connectivity index (χ0v) is 15.6. The van der Waals surface area contributed by atoms with Crippen LogP contribution in [0.5, 0.6) is 5.75 Å². The third-order valence-corrected chi connectivity index (χ3v) is 3.75. The Balaban J connectivity index is 1.84. The Morgan fingerprint density at radius 1 is 1.11 bits per heavy atom. The van der Waals surface area contributed by atoms with E-state index < -0.39 is 23.9 Å². The Hall–Kier alpha value is -3.06. The van der Waals surface area contributed by atoms with Crippen LogP contribution in [-0.2, 0) is 14.3 Å². The van der Waals surface area contributed by atoms with E-state index in [0.29, 0.717) is 22.0 Å². The van der Waals surface area contributed by atoms with Gasteiger partial charge in [-0.15, -0.1) is 0 Å². The van der Waals surface area contributed by atoms with Crippen LogP contribution < -0.4 is 15.4 Å². The van der Waals surface area contributed by atoms with Crippen molar-refractivity contribution in [1.29, 1.82) is 0 Å². The van der Waals surface area contributed by atoms with E-state index in [4.69, 9.17) is 21.1 Å². The molecule has 2 aromatic carbocycles. The number of hydrogen-bond donors (Lipinski definition) is 2. The molecule has 0 aliphatic heterocycles. The normalized spacial score (nSPS) is 11.2. The fourth-order valence-corrected chi connectivity index (χ4v) is 2.37.